The van der Waals surface area contributed by atoms with Gasteiger partial charge in [-0.1, -0.05) is 78.1 Å². The molecule has 0 aliphatic heterocycles. The first kappa shape index (κ1) is 26.9. The molecule has 1 atom stereocenters. The molecule has 0 bridgehead atoms. The average molecular weight is 369 g/mol. The van der Waals surface area contributed by atoms with Crippen molar-refractivity contribution in [2.45, 2.75) is 116 Å². The van der Waals surface area contributed by atoms with E-state index in [-0.39, 0.29) is 25.9 Å². The van der Waals surface area contributed by atoms with Crippen LogP contribution >= 0.6 is 0 Å². The zero-order chi connectivity index (χ0) is 18.3. The summed E-state index contributed by atoms with van der Waals surface area (Å²) in [5, 5.41) is 8.67. The van der Waals surface area contributed by atoms with Crippen LogP contribution in [0.15, 0.2) is 0 Å². The monoisotopic (exact) mass is 368 g/mol. The fraction of sp³-hybridized carbons (Fsp3) is 0.900. The number of esters is 1. The molecule has 0 aromatic heterocycles. The summed E-state index contributed by atoms with van der Waals surface area (Å²) in [4.78, 5) is 22.2. The number of rotatable bonds is 16. The summed E-state index contributed by atoms with van der Waals surface area (Å²) < 4.78 is 5.45. The van der Waals surface area contributed by atoms with Gasteiger partial charge in [-0.15, -0.1) is 0 Å². The first-order chi connectivity index (χ1) is 11.4. The van der Waals surface area contributed by atoms with Crippen LogP contribution in [0, 0.1) is 0 Å². The minimum absolute atomic E-state index is 0. The largest absolute Gasteiger partial charge is 2.00 e. The van der Waals surface area contributed by atoms with Gasteiger partial charge in [0.15, 0.2) is 0 Å². The van der Waals surface area contributed by atoms with Crippen LogP contribution in [-0.4, -0.2) is 45.7 Å². The molecule has 0 spiro atoms. The molecule has 0 saturated carbocycles. The third-order valence-corrected chi connectivity index (χ3v) is 4.49. The van der Waals surface area contributed by atoms with Crippen molar-refractivity contribution in [1.82, 2.24) is 0 Å². The predicted octanol–water partition coefficient (Wildman–Crippen LogP) is 5.72. The van der Waals surface area contributed by atoms with Gasteiger partial charge in [-0.05, 0) is 26.2 Å². The fourth-order valence-electron chi connectivity index (χ4n) is 3.18. The first-order valence-corrected chi connectivity index (χ1v) is 9.87. The molecule has 4 nitrogen and oxygen atoms in total. The number of carboxylic acid groups (broad SMARTS) is 1. The van der Waals surface area contributed by atoms with E-state index in [0.717, 1.165) is 32.1 Å². The molecular weight excluding hydrogens is 329 g/mol. The molecule has 25 heavy (non-hydrogen) atoms. The van der Waals surface area contributed by atoms with Crippen molar-refractivity contribution in [3.63, 3.8) is 0 Å². The van der Waals surface area contributed by atoms with Crippen LogP contribution in [0.25, 0.3) is 0 Å². The van der Waals surface area contributed by atoms with Crippen LogP contribution in [0.5, 0.6) is 0 Å². The number of carbonyl (C=O) groups excluding carboxylic acids is 1. The molecular formula is C20H40MgO4. The molecule has 0 fully saturated rings. The van der Waals surface area contributed by atoms with E-state index in [9.17, 15) is 9.59 Å². The number of carbonyl (C=O) groups is 2. The molecule has 1 unspecified atom stereocenters. The number of unbranched alkanes of at least 4 members (excludes halogenated alkanes) is 9. The Labute approximate surface area is 173 Å². The molecule has 0 radical (unpaired) electrons. The Kier molecular flexibility index (Phi) is 18.5. The second kappa shape index (κ2) is 17.1. The van der Waals surface area contributed by atoms with Gasteiger partial charge in [0.25, 0.3) is 0 Å². The standard InChI is InChI=1S/C20H38O4.Mg.2H/c1-4-6-7-8-9-10-11-12-13-14-16-20(3,15-5-2)24-19(23)17-18(21)22;;;/h4-17H2,1-3H3,(H,21,22);;;/q;+2;2*-1. The van der Waals surface area contributed by atoms with E-state index in [1.807, 2.05) is 6.92 Å². The topological polar surface area (TPSA) is 63.6 Å². The van der Waals surface area contributed by atoms with Crippen LogP contribution in [0.3, 0.4) is 0 Å². The zero-order valence-electron chi connectivity index (χ0n) is 18.8. The molecule has 0 heterocycles. The summed E-state index contributed by atoms with van der Waals surface area (Å²) in [6.45, 7) is 6.23. The van der Waals surface area contributed by atoms with Crippen LogP contribution in [0.4, 0.5) is 0 Å². The summed E-state index contributed by atoms with van der Waals surface area (Å²) in [5.41, 5.74) is -0.512. The smallest absolute Gasteiger partial charge is 1.00 e. The van der Waals surface area contributed by atoms with Gasteiger partial charge in [0.2, 0.25) is 0 Å². The molecule has 5 heteroatoms. The Morgan fingerprint density at radius 1 is 0.840 bits per heavy atom. The van der Waals surface area contributed by atoms with Gasteiger partial charge in [0.05, 0.1) is 0 Å². The Balaban J connectivity index is -0.000000882. The van der Waals surface area contributed by atoms with E-state index >= 15 is 0 Å². The minimum Gasteiger partial charge on any atom is -1.00 e. The maximum Gasteiger partial charge on any atom is 2.00 e. The zero-order valence-corrected chi connectivity index (χ0v) is 18.2. The maximum atomic E-state index is 11.6. The second-order valence-corrected chi connectivity index (χ2v) is 7.18. The van der Waals surface area contributed by atoms with Crippen molar-refractivity contribution in [1.29, 1.82) is 0 Å². The molecule has 1 N–H and O–H groups in total. The van der Waals surface area contributed by atoms with Crippen LogP contribution in [-0.2, 0) is 14.3 Å². The summed E-state index contributed by atoms with van der Waals surface area (Å²) in [5.74, 6) is -1.75. The van der Waals surface area contributed by atoms with Gasteiger partial charge in [-0.2, -0.15) is 0 Å². The van der Waals surface area contributed by atoms with Crippen LogP contribution in [0.1, 0.15) is 114 Å². The van der Waals surface area contributed by atoms with Crippen molar-refractivity contribution in [3.05, 3.63) is 0 Å². The average Bonchev–Trinajstić information content (AvgIpc) is 2.48. The number of aliphatic carboxylic acids is 1. The molecule has 0 aromatic rings. The van der Waals surface area contributed by atoms with Crippen molar-refractivity contribution in [2.75, 3.05) is 0 Å². The SMILES string of the molecule is CCCCCCCCCCCCC(C)(CCC)OC(=O)CC(=O)O.[H-].[H-].[Mg+2]. The van der Waals surface area contributed by atoms with Gasteiger partial charge in [-0.25, -0.2) is 0 Å². The predicted molar refractivity (Wildman–Crippen MR) is 106 cm³/mol. The molecule has 0 rings (SSSR count). The summed E-state index contributed by atoms with van der Waals surface area (Å²) in [6, 6.07) is 0. The molecule has 0 amide bonds. The van der Waals surface area contributed by atoms with Gasteiger partial charge < -0.3 is 12.7 Å². The second-order valence-electron chi connectivity index (χ2n) is 7.18. The third-order valence-electron chi connectivity index (χ3n) is 4.49. The number of hydrogen-bond acceptors (Lipinski definition) is 3. The molecule has 0 aliphatic rings. The molecule has 0 aromatic carbocycles. The van der Waals surface area contributed by atoms with E-state index in [4.69, 9.17) is 9.84 Å². The normalized spacial score (nSPS) is 12.9. The summed E-state index contributed by atoms with van der Waals surface area (Å²) >= 11 is 0. The van der Waals surface area contributed by atoms with Crippen molar-refractivity contribution in [3.8, 4) is 0 Å². The van der Waals surface area contributed by atoms with E-state index in [1.165, 1.54) is 51.4 Å². The molecule has 0 saturated heterocycles. The fourth-order valence-corrected chi connectivity index (χ4v) is 3.18. The van der Waals surface area contributed by atoms with Gasteiger partial charge in [0, 0.05) is 0 Å². The molecule has 0 aliphatic carbocycles. The van der Waals surface area contributed by atoms with E-state index in [0.29, 0.717) is 0 Å². The van der Waals surface area contributed by atoms with Gasteiger partial charge in [-0.3, -0.25) is 9.59 Å². The van der Waals surface area contributed by atoms with Crippen LogP contribution < -0.4 is 0 Å². The number of ether oxygens (including phenoxy) is 1. The van der Waals surface area contributed by atoms with E-state index in [1.54, 1.807) is 0 Å². The Hall–Kier alpha value is -0.294. The van der Waals surface area contributed by atoms with Gasteiger partial charge >= 0.3 is 35.0 Å². The quantitative estimate of drug-likeness (QED) is 0.164. The third kappa shape index (κ3) is 16.9. The number of hydrogen-bond donors (Lipinski definition) is 1. The Morgan fingerprint density at radius 3 is 1.76 bits per heavy atom. The van der Waals surface area contributed by atoms with E-state index < -0.39 is 24.0 Å². The maximum absolute atomic E-state index is 11.6. The van der Waals surface area contributed by atoms with Gasteiger partial charge in [0.1, 0.15) is 12.0 Å². The Morgan fingerprint density at radius 2 is 1.32 bits per heavy atom. The minimum atomic E-state index is -1.13. The van der Waals surface area contributed by atoms with Crippen molar-refractivity contribution < 1.29 is 22.3 Å². The summed E-state index contributed by atoms with van der Waals surface area (Å²) in [7, 11) is 0. The number of carboxylic acids is 1. The van der Waals surface area contributed by atoms with Crippen LogP contribution in [0.2, 0.25) is 0 Å². The molecule has 146 valence electrons. The van der Waals surface area contributed by atoms with E-state index in [2.05, 4.69) is 13.8 Å². The first-order valence-electron chi connectivity index (χ1n) is 9.87. The Bertz CT molecular complexity index is 357. The van der Waals surface area contributed by atoms with Crippen molar-refractivity contribution in [2.24, 2.45) is 0 Å². The van der Waals surface area contributed by atoms with Crippen molar-refractivity contribution >= 4 is 35.0 Å². The summed E-state index contributed by atoms with van der Waals surface area (Å²) in [6.07, 6.45) is 14.8.